The summed E-state index contributed by atoms with van der Waals surface area (Å²) in [5, 5.41) is 10.5. The first kappa shape index (κ1) is 18.1. The summed E-state index contributed by atoms with van der Waals surface area (Å²) in [7, 11) is 0. The van der Waals surface area contributed by atoms with Crippen molar-refractivity contribution < 1.29 is 24.2 Å². The van der Waals surface area contributed by atoms with Gasteiger partial charge in [-0.3, -0.25) is 4.57 Å². The van der Waals surface area contributed by atoms with E-state index in [0.29, 0.717) is 11.2 Å². The van der Waals surface area contributed by atoms with Gasteiger partial charge in [0.05, 0.1) is 25.0 Å². The second-order valence-electron chi connectivity index (χ2n) is 5.37. The van der Waals surface area contributed by atoms with E-state index in [1.54, 1.807) is 10.6 Å². The Morgan fingerprint density at radius 3 is 2.92 bits per heavy atom. The van der Waals surface area contributed by atoms with Crippen LogP contribution in [0.3, 0.4) is 0 Å². The Kier molecular flexibility index (Phi) is 5.01. The number of nitrogens with two attached hydrogens (primary N) is 1. The molecule has 5 N–H and O–H groups in total. The van der Waals surface area contributed by atoms with Crippen LogP contribution in [-0.2, 0) is 21.1 Å². The number of aromatic nitrogens is 4. The number of fused-ring (bicyclic) bond motifs is 1. The molecular formula is C13H16N5O5PS. The average molecular weight is 385 g/mol. The van der Waals surface area contributed by atoms with E-state index < -0.39 is 31.1 Å². The lowest BCUT2D eigenvalue weighted by atomic mass is 10.00. The standard InChI is InChI=1S/C13H16N5O5PS/c1-2-3-7-10(19)8(4-22-24(20,21)25)23-13(7)18-6-17-9-11(14)15-5-16-12(9)18/h3,5-8,10,13,19H,1,4H2,(H2,14,15,16)(H2,20,21,25)/t7-,8?,10-,13+/m0/s1. The first-order valence-corrected chi connectivity index (χ1v) is 9.77. The Labute approximate surface area is 147 Å². The van der Waals surface area contributed by atoms with E-state index in [1.165, 1.54) is 12.7 Å². The van der Waals surface area contributed by atoms with Gasteiger partial charge in [-0.05, 0) is 17.9 Å². The molecule has 0 bridgehead atoms. The third-order valence-corrected chi connectivity index (χ3v) is 4.60. The van der Waals surface area contributed by atoms with Crippen molar-refractivity contribution in [3.8, 4) is 0 Å². The lowest BCUT2D eigenvalue weighted by molar-refractivity contribution is -0.0410. The molecule has 2 aromatic rings. The number of aliphatic hydroxyl groups is 1. The third-order valence-electron chi connectivity index (χ3n) is 3.80. The number of rotatable bonds is 5. The van der Waals surface area contributed by atoms with Crippen molar-refractivity contribution in [2.45, 2.75) is 18.4 Å². The SMILES string of the molecule is C=C=C[C@H]1[C@H](O)C(COP(O)(O)=S)O[C@H]1n1cnc2c(N)ncnc21. The molecule has 0 aliphatic carbocycles. The summed E-state index contributed by atoms with van der Waals surface area (Å²) in [6.07, 6.45) is 1.76. The van der Waals surface area contributed by atoms with Gasteiger partial charge in [0.15, 0.2) is 11.5 Å². The van der Waals surface area contributed by atoms with Crippen molar-refractivity contribution in [2.75, 3.05) is 12.3 Å². The molecule has 1 fully saturated rings. The van der Waals surface area contributed by atoms with Gasteiger partial charge in [-0.25, -0.2) is 15.0 Å². The maximum atomic E-state index is 10.5. The van der Waals surface area contributed by atoms with Crippen molar-refractivity contribution in [3.63, 3.8) is 0 Å². The Balaban J connectivity index is 1.94. The normalized spacial score (nSPS) is 26.7. The molecule has 25 heavy (non-hydrogen) atoms. The smallest absolute Gasteiger partial charge is 0.321 e. The van der Waals surface area contributed by atoms with Crippen molar-refractivity contribution in [3.05, 3.63) is 31.0 Å². The Bertz CT molecular complexity index is 879. The number of ether oxygens (including phenoxy) is 1. The molecule has 12 heteroatoms. The molecule has 2 aromatic heterocycles. The zero-order valence-corrected chi connectivity index (χ0v) is 14.5. The van der Waals surface area contributed by atoms with E-state index >= 15 is 0 Å². The molecule has 134 valence electrons. The largest absolute Gasteiger partial charge is 0.390 e. The quantitative estimate of drug-likeness (QED) is 0.404. The van der Waals surface area contributed by atoms with Gasteiger partial charge in [0.1, 0.15) is 24.2 Å². The molecule has 0 spiro atoms. The minimum Gasteiger partial charge on any atom is -0.390 e. The van der Waals surface area contributed by atoms with Gasteiger partial charge in [-0.15, -0.1) is 5.73 Å². The molecule has 3 heterocycles. The Hall–Kier alpha value is -1.68. The summed E-state index contributed by atoms with van der Waals surface area (Å²) in [4.78, 5) is 30.6. The van der Waals surface area contributed by atoms with E-state index in [4.69, 9.17) is 15.0 Å². The van der Waals surface area contributed by atoms with Gasteiger partial charge in [0.2, 0.25) is 0 Å². The molecule has 1 saturated heterocycles. The van der Waals surface area contributed by atoms with Crippen molar-refractivity contribution in [2.24, 2.45) is 5.92 Å². The Morgan fingerprint density at radius 1 is 1.48 bits per heavy atom. The van der Waals surface area contributed by atoms with E-state index in [0.717, 1.165) is 0 Å². The molecule has 3 rings (SSSR count). The minimum atomic E-state index is -3.86. The average Bonchev–Trinajstić information content (AvgIpc) is 3.09. The minimum absolute atomic E-state index is 0.222. The lowest BCUT2D eigenvalue weighted by Gasteiger charge is -2.17. The molecule has 0 radical (unpaired) electrons. The summed E-state index contributed by atoms with van der Waals surface area (Å²) in [5.41, 5.74) is 9.24. The van der Waals surface area contributed by atoms with Gasteiger partial charge in [0.25, 0.3) is 0 Å². The van der Waals surface area contributed by atoms with Crippen LogP contribution in [0, 0.1) is 5.92 Å². The molecule has 1 aliphatic rings. The van der Waals surface area contributed by atoms with Crippen LogP contribution in [0.15, 0.2) is 31.0 Å². The highest BCUT2D eigenvalue weighted by molar-refractivity contribution is 8.06. The van der Waals surface area contributed by atoms with Gasteiger partial charge in [-0.2, -0.15) is 0 Å². The van der Waals surface area contributed by atoms with E-state index in [2.05, 4.69) is 39.1 Å². The van der Waals surface area contributed by atoms with Crippen molar-refractivity contribution in [1.29, 1.82) is 0 Å². The fourth-order valence-electron chi connectivity index (χ4n) is 2.70. The molecular weight excluding hydrogens is 369 g/mol. The Morgan fingerprint density at radius 2 is 2.24 bits per heavy atom. The topological polar surface area (TPSA) is 149 Å². The number of hydrogen-bond acceptors (Lipinski definition) is 8. The molecule has 0 amide bonds. The second-order valence-corrected chi connectivity index (χ2v) is 8.04. The predicted molar refractivity (Wildman–Crippen MR) is 91.5 cm³/mol. The maximum Gasteiger partial charge on any atom is 0.321 e. The van der Waals surface area contributed by atoms with Crippen LogP contribution in [0.4, 0.5) is 5.82 Å². The number of hydrogen-bond donors (Lipinski definition) is 4. The number of aliphatic hydroxyl groups excluding tert-OH is 1. The molecule has 0 aromatic carbocycles. The number of imidazole rings is 1. The summed E-state index contributed by atoms with van der Waals surface area (Å²) in [6.45, 7) is -0.621. The first-order valence-electron chi connectivity index (χ1n) is 7.14. The molecule has 1 aliphatic heterocycles. The molecule has 0 saturated carbocycles. The van der Waals surface area contributed by atoms with Gasteiger partial charge in [-0.1, -0.05) is 6.58 Å². The van der Waals surface area contributed by atoms with Crippen LogP contribution >= 0.6 is 6.72 Å². The monoisotopic (exact) mass is 385 g/mol. The van der Waals surface area contributed by atoms with Crippen LogP contribution in [0.25, 0.3) is 11.2 Å². The van der Waals surface area contributed by atoms with Crippen molar-refractivity contribution in [1.82, 2.24) is 19.5 Å². The highest BCUT2D eigenvalue weighted by atomic mass is 32.5. The van der Waals surface area contributed by atoms with Gasteiger partial charge < -0.3 is 29.9 Å². The van der Waals surface area contributed by atoms with Crippen LogP contribution in [-0.4, -0.2) is 53.2 Å². The molecule has 1 unspecified atom stereocenters. The predicted octanol–water partition coefficient (Wildman–Crippen LogP) is -0.150. The molecule has 4 atom stereocenters. The highest BCUT2D eigenvalue weighted by Crippen LogP contribution is 2.41. The zero-order chi connectivity index (χ0) is 18.2. The summed E-state index contributed by atoms with van der Waals surface area (Å²) >= 11 is 4.41. The number of nitrogens with zero attached hydrogens (tertiary/aromatic N) is 4. The van der Waals surface area contributed by atoms with Crippen LogP contribution < -0.4 is 5.73 Å². The maximum absolute atomic E-state index is 10.5. The number of nitrogen functional groups attached to an aromatic ring is 1. The van der Waals surface area contributed by atoms with E-state index in [-0.39, 0.29) is 12.4 Å². The fourth-order valence-corrected chi connectivity index (χ4v) is 3.22. The van der Waals surface area contributed by atoms with Crippen LogP contribution in [0.1, 0.15) is 6.23 Å². The summed E-state index contributed by atoms with van der Waals surface area (Å²) < 4.78 is 12.2. The highest BCUT2D eigenvalue weighted by Gasteiger charge is 2.44. The van der Waals surface area contributed by atoms with Gasteiger partial charge >= 0.3 is 6.72 Å². The van der Waals surface area contributed by atoms with Crippen molar-refractivity contribution >= 4 is 35.5 Å². The lowest BCUT2D eigenvalue weighted by Crippen LogP contribution is -2.29. The first-order chi connectivity index (χ1) is 11.8. The fraction of sp³-hybridized carbons (Fsp3) is 0.385. The molecule has 10 nitrogen and oxygen atoms in total. The third kappa shape index (κ3) is 3.64. The second kappa shape index (κ2) is 6.91. The zero-order valence-electron chi connectivity index (χ0n) is 12.8. The van der Waals surface area contributed by atoms with Crippen LogP contribution in [0.5, 0.6) is 0 Å². The van der Waals surface area contributed by atoms with E-state index in [9.17, 15) is 14.9 Å². The van der Waals surface area contributed by atoms with E-state index in [1.807, 2.05) is 0 Å². The summed E-state index contributed by atoms with van der Waals surface area (Å²) in [5.74, 6) is -0.325. The van der Waals surface area contributed by atoms with Crippen LogP contribution in [0.2, 0.25) is 0 Å². The van der Waals surface area contributed by atoms with Gasteiger partial charge in [0, 0.05) is 0 Å². The summed E-state index contributed by atoms with van der Waals surface area (Å²) in [6, 6.07) is 0. The number of anilines is 1.